The van der Waals surface area contributed by atoms with E-state index in [1.165, 1.54) is 30.5 Å². The van der Waals surface area contributed by atoms with Gasteiger partial charge in [0.05, 0.1) is 7.11 Å². The minimum absolute atomic E-state index is 0.268. The summed E-state index contributed by atoms with van der Waals surface area (Å²) in [6.07, 6.45) is 5.54. The van der Waals surface area contributed by atoms with Gasteiger partial charge in [-0.05, 0) is 75.5 Å². The summed E-state index contributed by atoms with van der Waals surface area (Å²) in [6, 6.07) is 13.0. The molecule has 0 atom stereocenters. The zero-order chi connectivity index (χ0) is 19.3. The van der Waals surface area contributed by atoms with Gasteiger partial charge in [0.15, 0.2) is 0 Å². The molecule has 2 heterocycles. The summed E-state index contributed by atoms with van der Waals surface area (Å²) < 4.78 is 24.3. The highest BCUT2D eigenvalue weighted by molar-refractivity contribution is 5.80. The van der Waals surface area contributed by atoms with E-state index in [9.17, 15) is 4.39 Å². The maximum absolute atomic E-state index is 13.3. The Kier molecular flexibility index (Phi) is 5.91. The van der Waals surface area contributed by atoms with E-state index in [4.69, 9.17) is 9.26 Å². The number of rotatable bonds is 7. The van der Waals surface area contributed by atoms with E-state index in [1.807, 2.05) is 12.1 Å². The highest BCUT2D eigenvalue weighted by atomic mass is 19.1. The quantitative estimate of drug-likeness (QED) is 0.528. The number of likely N-dealkylation sites (tertiary alicyclic amines) is 1. The fourth-order valence-corrected chi connectivity index (χ4v) is 4.21. The Balaban J connectivity index is 1.24. The molecule has 0 aliphatic carbocycles. The van der Waals surface area contributed by atoms with Crippen LogP contribution in [0, 0.1) is 5.82 Å². The molecule has 0 spiro atoms. The molecule has 1 saturated heterocycles. The molecule has 4 nitrogen and oxygen atoms in total. The molecule has 1 aromatic heterocycles. The number of halogens is 1. The van der Waals surface area contributed by atoms with Gasteiger partial charge in [-0.15, -0.1) is 0 Å². The molecule has 0 radical (unpaired) electrons. The first-order valence-corrected chi connectivity index (χ1v) is 10.1. The minimum Gasteiger partial charge on any atom is -0.496 e. The molecule has 0 unspecified atom stereocenters. The molecule has 0 saturated carbocycles. The van der Waals surface area contributed by atoms with E-state index in [0.29, 0.717) is 11.4 Å². The molecule has 28 heavy (non-hydrogen) atoms. The Morgan fingerprint density at radius 2 is 1.96 bits per heavy atom. The summed E-state index contributed by atoms with van der Waals surface area (Å²) in [6.45, 7) is 3.27. The first kappa shape index (κ1) is 18.9. The summed E-state index contributed by atoms with van der Waals surface area (Å²) in [5, 5.41) is 4.99. The third-order valence-electron chi connectivity index (χ3n) is 5.79. The maximum atomic E-state index is 13.3. The van der Waals surface area contributed by atoms with Crippen molar-refractivity contribution in [1.29, 1.82) is 0 Å². The molecular weight excluding hydrogens is 355 g/mol. The van der Waals surface area contributed by atoms with Gasteiger partial charge in [-0.25, -0.2) is 4.39 Å². The van der Waals surface area contributed by atoms with Crippen molar-refractivity contribution in [3.8, 4) is 5.75 Å². The zero-order valence-corrected chi connectivity index (χ0v) is 16.4. The van der Waals surface area contributed by atoms with Gasteiger partial charge in [-0.2, -0.15) is 0 Å². The summed E-state index contributed by atoms with van der Waals surface area (Å²) in [5.41, 5.74) is 1.91. The number of ether oxygens (including phenoxy) is 1. The number of hydrogen-bond acceptors (Lipinski definition) is 4. The Hall–Kier alpha value is -2.40. The third-order valence-corrected chi connectivity index (χ3v) is 5.79. The first-order valence-electron chi connectivity index (χ1n) is 10.1. The van der Waals surface area contributed by atoms with Crippen LogP contribution in [0.5, 0.6) is 5.75 Å². The van der Waals surface area contributed by atoms with Crippen LogP contribution in [0.25, 0.3) is 10.9 Å². The van der Waals surface area contributed by atoms with E-state index in [0.717, 1.165) is 55.8 Å². The van der Waals surface area contributed by atoms with Gasteiger partial charge in [-0.3, -0.25) is 0 Å². The van der Waals surface area contributed by atoms with Gasteiger partial charge in [0.25, 0.3) is 0 Å². The lowest BCUT2D eigenvalue weighted by atomic mass is 9.92. The Morgan fingerprint density at radius 3 is 2.79 bits per heavy atom. The van der Waals surface area contributed by atoms with E-state index in [-0.39, 0.29) is 5.82 Å². The molecular formula is C23H27FN2O2. The fourth-order valence-electron chi connectivity index (χ4n) is 4.21. The second kappa shape index (κ2) is 8.74. The van der Waals surface area contributed by atoms with E-state index >= 15 is 0 Å². The third kappa shape index (κ3) is 4.20. The van der Waals surface area contributed by atoms with Crippen LogP contribution in [0.3, 0.4) is 0 Å². The molecule has 0 bridgehead atoms. The smallest absolute Gasteiger partial charge is 0.147 e. The van der Waals surface area contributed by atoms with E-state index < -0.39 is 0 Å². The van der Waals surface area contributed by atoms with Crippen molar-refractivity contribution in [3.63, 3.8) is 0 Å². The largest absolute Gasteiger partial charge is 0.496 e. The number of fused-ring (bicyclic) bond motifs is 1. The monoisotopic (exact) mass is 382 g/mol. The van der Waals surface area contributed by atoms with E-state index in [1.54, 1.807) is 13.2 Å². The predicted octanol–water partition coefficient (Wildman–Crippen LogP) is 5.18. The highest BCUT2D eigenvalue weighted by Crippen LogP contribution is 2.33. The van der Waals surface area contributed by atoms with Crippen LogP contribution in [-0.4, -0.2) is 36.8 Å². The molecule has 1 aliphatic rings. The van der Waals surface area contributed by atoms with Crippen molar-refractivity contribution in [1.82, 2.24) is 10.1 Å². The number of hydrogen-bond donors (Lipinski definition) is 0. The van der Waals surface area contributed by atoms with E-state index in [2.05, 4.69) is 22.2 Å². The summed E-state index contributed by atoms with van der Waals surface area (Å²) in [5.74, 6) is 2.02. The van der Waals surface area contributed by atoms with Gasteiger partial charge in [-0.1, -0.05) is 23.4 Å². The lowest BCUT2D eigenvalue weighted by molar-refractivity contribution is 0.195. The number of para-hydroxylation sites is 1. The highest BCUT2D eigenvalue weighted by Gasteiger charge is 2.25. The van der Waals surface area contributed by atoms with Crippen molar-refractivity contribution in [2.75, 3.05) is 26.7 Å². The van der Waals surface area contributed by atoms with Gasteiger partial charge in [0.2, 0.25) is 0 Å². The summed E-state index contributed by atoms with van der Waals surface area (Å²) in [4.78, 5) is 2.54. The Labute approximate surface area is 165 Å². The fraction of sp³-hybridized carbons (Fsp3) is 0.435. The van der Waals surface area contributed by atoms with Crippen LogP contribution in [0.1, 0.15) is 42.9 Å². The standard InChI is InChI=1S/C23H27FN2O2/c1-27-22-8-3-2-6-17(22)7-4-5-13-26-14-11-18(12-15-26)23-20-10-9-19(24)16-21(20)25-28-23/h2-3,6,8-10,16,18H,4-5,7,11-15H2,1H3. The van der Waals surface area contributed by atoms with Crippen molar-refractivity contribution >= 4 is 10.9 Å². The molecule has 3 aromatic rings. The second-order valence-electron chi connectivity index (χ2n) is 7.59. The molecule has 0 N–H and O–H groups in total. The number of methoxy groups -OCH3 is 1. The van der Waals surface area contributed by atoms with Crippen LogP contribution >= 0.6 is 0 Å². The number of benzene rings is 2. The van der Waals surface area contributed by atoms with Crippen molar-refractivity contribution in [3.05, 3.63) is 59.6 Å². The van der Waals surface area contributed by atoms with Gasteiger partial charge in [0.1, 0.15) is 22.8 Å². The molecule has 1 aliphatic heterocycles. The molecule has 4 rings (SSSR count). The predicted molar refractivity (Wildman–Crippen MR) is 108 cm³/mol. The van der Waals surface area contributed by atoms with Crippen LogP contribution in [0.15, 0.2) is 47.0 Å². The topological polar surface area (TPSA) is 38.5 Å². The average Bonchev–Trinajstić information content (AvgIpc) is 3.15. The molecule has 5 heteroatoms. The lowest BCUT2D eigenvalue weighted by Crippen LogP contribution is -2.33. The maximum Gasteiger partial charge on any atom is 0.147 e. The Bertz CT molecular complexity index is 916. The lowest BCUT2D eigenvalue weighted by Gasteiger charge is -2.30. The van der Waals surface area contributed by atoms with Gasteiger partial charge in [0, 0.05) is 17.4 Å². The van der Waals surface area contributed by atoms with Gasteiger partial charge < -0.3 is 14.2 Å². The Morgan fingerprint density at radius 1 is 1.14 bits per heavy atom. The van der Waals surface area contributed by atoms with Crippen LogP contribution in [-0.2, 0) is 6.42 Å². The number of unbranched alkanes of at least 4 members (excludes halogenated alkanes) is 1. The molecule has 1 fully saturated rings. The summed E-state index contributed by atoms with van der Waals surface area (Å²) in [7, 11) is 1.73. The van der Waals surface area contributed by atoms with Crippen LogP contribution in [0.4, 0.5) is 4.39 Å². The molecule has 0 amide bonds. The second-order valence-corrected chi connectivity index (χ2v) is 7.59. The minimum atomic E-state index is -0.268. The van der Waals surface area contributed by atoms with Crippen molar-refractivity contribution in [2.24, 2.45) is 0 Å². The number of nitrogens with zero attached hydrogens (tertiary/aromatic N) is 2. The van der Waals surface area contributed by atoms with Crippen molar-refractivity contribution in [2.45, 2.75) is 38.0 Å². The van der Waals surface area contributed by atoms with Crippen LogP contribution < -0.4 is 4.74 Å². The number of piperidine rings is 1. The normalized spacial score (nSPS) is 15.9. The summed E-state index contributed by atoms with van der Waals surface area (Å²) >= 11 is 0. The first-order chi connectivity index (χ1) is 13.7. The number of aromatic nitrogens is 1. The van der Waals surface area contributed by atoms with Crippen LogP contribution in [0.2, 0.25) is 0 Å². The van der Waals surface area contributed by atoms with Gasteiger partial charge >= 0.3 is 0 Å². The SMILES string of the molecule is COc1ccccc1CCCCN1CCC(c2onc3cc(F)ccc23)CC1. The molecule has 148 valence electrons. The molecule has 2 aromatic carbocycles. The number of aryl methyl sites for hydroxylation is 1. The average molecular weight is 382 g/mol. The zero-order valence-electron chi connectivity index (χ0n) is 16.4. The van der Waals surface area contributed by atoms with Crippen molar-refractivity contribution < 1.29 is 13.7 Å².